The molecule has 0 atom stereocenters. The maximum Gasteiger partial charge on any atom is 0.307 e. The summed E-state index contributed by atoms with van der Waals surface area (Å²) in [5.74, 6) is -1.28. The van der Waals surface area contributed by atoms with Crippen LogP contribution < -0.4 is 10.2 Å². The van der Waals surface area contributed by atoms with Gasteiger partial charge in [0.1, 0.15) is 0 Å². The SMILES string of the molecule is Cc1ccccc1C(=O)Nc1ccc(C(=O)N2CCC=C(CC(=O)O)c3ccccc32)cc1. The molecule has 1 aliphatic rings. The number of carboxylic acids is 1. The Morgan fingerprint density at radius 3 is 2.36 bits per heavy atom. The van der Waals surface area contributed by atoms with Gasteiger partial charge < -0.3 is 15.3 Å². The number of aryl methyl sites for hydroxylation is 1. The van der Waals surface area contributed by atoms with E-state index in [0.717, 1.165) is 11.1 Å². The van der Waals surface area contributed by atoms with Crippen LogP contribution in [0.5, 0.6) is 0 Å². The first-order valence-corrected chi connectivity index (χ1v) is 10.7. The fourth-order valence-electron chi connectivity index (χ4n) is 4.00. The number of hydrogen-bond acceptors (Lipinski definition) is 3. The average Bonchev–Trinajstić information content (AvgIpc) is 2.99. The lowest BCUT2D eigenvalue weighted by atomic mass is 10.0. The van der Waals surface area contributed by atoms with E-state index in [1.54, 1.807) is 35.2 Å². The van der Waals surface area contributed by atoms with Gasteiger partial charge in [0, 0.05) is 28.9 Å². The summed E-state index contributed by atoms with van der Waals surface area (Å²) in [5.41, 5.74) is 4.74. The van der Waals surface area contributed by atoms with Crippen LogP contribution in [0, 0.1) is 6.92 Å². The van der Waals surface area contributed by atoms with Crippen LogP contribution in [-0.2, 0) is 4.79 Å². The predicted octanol–water partition coefficient (Wildman–Crippen LogP) is 5.16. The van der Waals surface area contributed by atoms with Gasteiger partial charge >= 0.3 is 5.97 Å². The van der Waals surface area contributed by atoms with Crippen molar-refractivity contribution < 1.29 is 19.5 Å². The van der Waals surface area contributed by atoms with E-state index in [9.17, 15) is 19.5 Å². The van der Waals surface area contributed by atoms with Crippen LogP contribution in [0.25, 0.3) is 5.57 Å². The Morgan fingerprint density at radius 2 is 1.64 bits per heavy atom. The Balaban J connectivity index is 1.54. The summed E-state index contributed by atoms with van der Waals surface area (Å²) in [4.78, 5) is 38.9. The molecule has 3 aromatic rings. The average molecular weight is 440 g/mol. The van der Waals surface area contributed by atoms with E-state index in [0.29, 0.717) is 41.0 Å². The van der Waals surface area contributed by atoms with Crippen LogP contribution in [0.15, 0.2) is 78.9 Å². The number of carbonyl (C=O) groups is 3. The molecule has 0 aromatic heterocycles. The van der Waals surface area contributed by atoms with Gasteiger partial charge in [-0.05, 0) is 60.9 Å². The highest BCUT2D eigenvalue weighted by Crippen LogP contribution is 2.33. The second-order valence-electron chi connectivity index (χ2n) is 7.91. The molecule has 1 aliphatic heterocycles. The number of amides is 2. The highest BCUT2D eigenvalue weighted by atomic mass is 16.4. The minimum Gasteiger partial charge on any atom is -0.481 e. The normalized spacial score (nSPS) is 12.9. The molecule has 0 radical (unpaired) electrons. The van der Waals surface area contributed by atoms with Crippen molar-refractivity contribution in [2.75, 3.05) is 16.8 Å². The van der Waals surface area contributed by atoms with E-state index in [1.807, 2.05) is 55.5 Å². The number of nitrogens with zero attached hydrogens (tertiary/aromatic N) is 1. The zero-order valence-electron chi connectivity index (χ0n) is 18.2. The number of nitrogens with one attached hydrogen (secondary N) is 1. The van der Waals surface area contributed by atoms with Crippen LogP contribution in [-0.4, -0.2) is 29.4 Å². The largest absolute Gasteiger partial charge is 0.481 e. The lowest BCUT2D eigenvalue weighted by Crippen LogP contribution is -2.31. The van der Waals surface area contributed by atoms with Gasteiger partial charge in [-0.25, -0.2) is 0 Å². The van der Waals surface area contributed by atoms with E-state index >= 15 is 0 Å². The Kier molecular flexibility index (Phi) is 6.36. The molecule has 2 amide bonds. The first kappa shape index (κ1) is 22.0. The topological polar surface area (TPSA) is 86.7 Å². The summed E-state index contributed by atoms with van der Waals surface area (Å²) in [5, 5.41) is 12.1. The second-order valence-corrected chi connectivity index (χ2v) is 7.91. The van der Waals surface area contributed by atoms with Crippen LogP contribution in [0.1, 0.15) is 44.7 Å². The zero-order chi connectivity index (χ0) is 23.4. The fourth-order valence-corrected chi connectivity index (χ4v) is 4.00. The molecule has 0 fully saturated rings. The lowest BCUT2D eigenvalue weighted by Gasteiger charge is -2.23. The van der Waals surface area contributed by atoms with E-state index in [4.69, 9.17) is 0 Å². The summed E-state index contributed by atoms with van der Waals surface area (Å²) in [7, 11) is 0. The summed E-state index contributed by atoms with van der Waals surface area (Å²) < 4.78 is 0. The monoisotopic (exact) mass is 440 g/mol. The van der Waals surface area contributed by atoms with Crippen molar-refractivity contribution >= 4 is 34.7 Å². The zero-order valence-corrected chi connectivity index (χ0v) is 18.2. The van der Waals surface area contributed by atoms with Gasteiger partial charge in [-0.2, -0.15) is 0 Å². The Hall–Kier alpha value is -4.19. The van der Waals surface area contributed by atoms with Crippen LogP contribution in [0.2, 0.25) is 0 Å². The molecular formula is C27H24N2O4. The van der Waals surface area contributed by atoms with Crippen molar-refractivity contribution in [1.29, 1.82) is 0 Å². The number of benzene rings is 3. The number of carbonyl (C=O) groups excluding carboxylic acids is 2. The van der Waals surface area contributed by atoms with Gasteiger partial charge in [0.05, 0.1) is 12.1 Å². The lowest BCUT2D eigenvalue weighted by molar-refractivity contribution is -0.135. The van der Waals surface area contributed by atoms with E-state index in [2.05, 4.69) is 5.32 Å². The molecule has 0 spiro atoms. The predicted molar refractivity (Wildman–Crippen MR) is 129 cm³/mol. The molecule has 6 heteroatoms. The van der Waals surface area contributed by atoms with Crippen molar-refractivity contribution in [2.45, 2.75) is 19.8 Å². The number of aliphatic carboxylic acids is 1. The fraction of sp³-hybridized carbons (Fsp3) is 0.148. The number of rotatable bonds is 5. The smallest absolute Gasteiger partial charge is 0.307 e. The maximum absolute atomic E-state index is 13.3. The minimum absolute atomic E-state index is 0.0890. The number of para-hydroxylation sites is 1. The third-order valence-corrected chi connectivity index (χ3v) is 5.65. The summed E-state index contributed by atoms with van der Waals surface area (Å²) >= 11 is 0. The number of hydrogen-bond donors (Lipinski definition) is 2. The minimum atomic E-state index is -0.904. The maximum atomic E-state index is 13.3. The Labute approximate surface area is 192 Å². The first-order chi connectivity index (χ1) is 15.9. The first-order valence-electron chi connectivity index (χ1n) is 10.7. The van der Waals surface area contributed by atoms with Crippen molar-refractivity contribution in [1.82, 2.24) is 0 Å². The van der Waals surface area contributed by atoms with Gasteiger partial charge in [0.15, 0.2) is 0 Å². The van der Waals surface area contributed by atoms with E-state index < -0.39 is 5.97 Å². The van der Waals surface area contributed by atoms with Crippen molar-refractivity contribution in [3.63, 3.8) is 0 Å². The Morgan fingerprint density at radius 1 is 0.939 bits per heavy atom. The molecule has 6 nitrogen and oxygen atoms in total. The second kappa shape index (κ2) is 9.53. The van der Waals surface area contributed by atoms with Crippen molar-refractivity contribution in [3.05, 3.63) is 101 Å². The van der Waals surface area contributed by atoms with Gasteiger partial charge in [-0.1, -0.05) is 42.5 Å². The van der Waals surface area contributed by atoms with Crippen molar-refractivity contribution in [2.24, 2.45) is 0 Å². The third-order valence-electron chi connectivity index (χ3n) is 5.65. The highest BCUT2D eigenvalue weighted by Gasteiger charge is 2.24. The summed E-state index contributed by atoms with van der Waals surface area (Å²) in [6.45, 7) is 2.33. The van der Waals surface area contributed by atoms with Crippen LogP contribution in [0.4, 0.5) is 11.4 Å². The molecule has 0 aliphatic carbocycles. The molecule has 1 heterocycles. The molecule has 166 valence electrons. The van der Waals surface area contributed by atoms with Crippen molar-refractivity contribution in [3.8, 4) is 0 Å². The molecule has 4 rings (SSSR count). The number of carboxylic acid groups (broad SMARTS) is 1. The molecular weight excluding hydrogens is 416 g/mol. The van der Waals surface area contributed by atoms with Gasteiger partial charge in [0.2, 0.25) is 0 Å². The van der Waals surface area contributed by atoms with Gasteiger partial charge in [-0.15, -0.1) is 0 Å². The summed E-state index contributed by atoms with van der Waals surface area (Å²) in [6, 6.07) is 21.5. The molecule has 33 heavy (non-hydrogen) atoms. The van der Waals surface area contributed by atoms with E-state index in [1.165, 1.54) is 0 Å². The van der Waals surface area contributed by atoms with Crippen LogP contribution in [0.3, 0.4) is 0 Å². The molecule has 0 saturated carbocycles. The molecule has 0 bridgehead atoms. The summed E-state index contributed by atoms with van der Waals surface area (Å²) in [6.07, 6.45) is 2.37. The number of anilines is 2. The molecule has 0 unspecified atom stereocenters. The molecule has 2 N–H and O–H groups in total. The Bertz CT molecular complexity index is 1240. The molecule has 3 aromatic carbocycles. The van der Waals surface area contributed by atoms with Gasteiger partial charge in [-0.3, -0.25) is 14.4 Å². The quantitative estimate of drug-likeness (QED) is 0.574. The third kappa shape index (κ3) is 4.85. The number of fused-ring (bicyclic) bond motifs is 1. The van der Waals surface area contributed by atoms with Crippen LogP contribution >= 0.6 is 0 Å². The molecule has 0 saturated heterocycles. The highest BCUT2D eigenvalue weighted by molar-refractivity contribution is 6.09. The van der Waals surface area contributed by atoms with Gasteiger partial charge in [0.25, 0.3) is 11.8 Å². The standard InChI is InChI=1S/C27H24N2O4/c1-18-7-2-3-9-22(18)26(32)28-21-14-12-19(13-15-21)27(33)29-16-6-8-20(17-25(30)31)23-10-4-5-11-24(23)29/h2-5,7-15H,6,16-17H2,1H3,(H,28,32)(H,30,31). The van der Waals surface area contributed by atoms with E-state index in [-0.39, 0.29) is 18.2 Å².